The number of fused-ring (bicyclic) bond motifs is 13. The Morgan fingerprint density at radius 1 is 0.309 bits per heavy atom. The highest BCUT2D eigenvalue weighted by Gasteiger charge is 2.58. The minimum absolute atomic E-state index is 0.577. The summed E-state index contributed by atoms with van der Waals surface area (Å²) in [7, 11) is 0. The third-order valence-electron chi connectivity index (χ3n) is 14.8. The smallest absolute Gasteiger partial charge is 0.164 e. The summed E-state index contributed by atoms with van der Waals surface area (Å²) >= 11 is 0. The molecule has 3 heteroatoms. The van der Waals surface area contributed by atoms with Crippen LogP contribution < -0.4 is 0 Å². The molecule has 0 aliphatic heterocycles. The molecule has 0 fully saturated rings. The maximum absolute atomic E-state index is 5.45. The van der Waals surface area contributed by atoms with E-state index >= 15 is 0 Å². The van der Waals surface area contributed by atoms with Crippen LogP contribution in [0, 0.1) is 0 Å². The minimum Gasteiger partial charge on any atom is -0.208 e. The molecule has 3 aliphatic carbocycles. The van der Waals surface area contributed by atoms with Gasteiger partial charge in [-0.2, -0.15) is 0 Å². The number of hydrogen-bond donors (Lipinski definition) is 0. The van der Waals surface area contributed by atoms with Gasteiger partial charge in [-0.3, -0.25) is 0 Å². The summed E-state index contributed by atoms with van der Waals surface area (Å²) in [4.78, 5) is 16.2. The normalized spacial score (nSPS) is 15.9. The maximum atomic E-state index is 5.45. The molecule has 3 nitrogen and oxygen atoms in total. The van der Waals surface area contributed by atoms with Gasteiger partial charge in [-0.1, -0.05) is 218 Å². The monoisotopic (exact) mass is 867 g/mol. The van der Waals surface area contributed by atoms with Crippen molar-refractivity contribution in [3.8, 4) is 67.5 Å². The van der Waals surface area contributed by atoms with Gasteiger partial charge in [-0.15, -0.1) is 0 Å². The van der Waals surface area contributed by atoms with Crippen LogP contribution in [0.25, 0.3) is 73.1 Å². The van der Waals surface area contributed by atoms with Gasteiger partial charge >= 0.3 is 0 Å². The van der Waals surface area contributed by atoms with Gasteiger partial charge in [0.2, 0.25) is 0 Å². The molecule has 1 unspecified atom stereocenters. The first-order chi connectivity index (χ1) is 33.6. The van der Waals surface area contributed by atoms with Crippen molar-refractivity contribution in [2.24, 2.45) is 0 Å². The number of nitrogens with zero attached hydrogens (tertiary/aromatic N) is 3. The molecule has 13 rings (SSSR count). The average molecular weight is 868 g/mol. The first-order valence-electron chi connectivity index (χ1n) is 23.6. The van der Waals surface area contributed by atoms with Gasteiger partial charge in [0.25, 0.3) is 0 Å². The van der Waals surface area contributed by atoms with Crippen molar-refractivity contribution in [1.29, 1.82) is 0 Å². The van der Waals surface area contributed by atoms with Gasteiger partial charge in [0.05, 0.1) is 10.8 Å². The highest BCUT2D eigenvalue weighted by molar-refractivity contribution is 5.95. The molecule has 1 heterocycles. The molecule has 10 aromatic rings. The Labute approximate surface area is 397 Å². The van der Waals surface area contributed by atoms with E-state index in [1.807, 2.05) is 0 Å². The zero-order chi connectivity index (χ0) is 45.4. The molecule has 0 amide bonds. The van der Waals surface area contributed by atoms with Gasteiger partial charge in [0, 0.05) is 16.7 Å². The average Bonchev–Trinajstić information content (AvgIpc) is 3.84. The van der Waals surface area contributed by atoms with Crippen molar-refractivity contribution in [3.63, 3.8) is 0 Å². The van der Waals surface area contributed by atoms with E-state index < -0.39 is 10.8 Å². The third-order valence-corrected chi connectivity index (χ3v) is 14.8. The Kier molecular flexibility index (Phi) is 9.10. The van der Waals surface area contributed by atoms with Gasteiger partial charge < -0.3 is 0 Å². The van der Waals surface area contributed by atoms with Crippen LogP contribution in [0.4, 0.5) is 0 Å². The summed E-state index contributed by atoms with van der Waals surface area (Å²) in [6.45, 7) is 4.48. The topological polar surface area (TPSA) is 38.7 Å². The molecule has 0 saturated carbocycles. The van der Waals surface area contributed by atoms with Gasteiger partial charge in [0.1, 0.15) is 0 Å². The molecule has 1 atom stereocenters. The number of aromatic nitrogens is 3. The van der Waals surface area contributed by atoms with Crippen LogP contribution in [0.1, 0.15) is 58.4 Å². The third kappa shape index (κ3) is 5.69. The second kappa shape index (κ2) is 15.5. The Morgan fingerprint density at radius 3 is 1.21 bits per heavy atom. The van der Waals surface area contributed by atoms with Crippen LogP contribution in [-0.2, 0) is 10.8 Å². The largest absolute Gasteiger partial charge is 0.208 e. The number of rotatable bonds is 6. The van der Waals surface area contributed by atoms with E-state index in [4.69, 9.17) is 15.0 Å². The first-order valence-corrected chi connectivity index (χ1v) is 23.6. The number of allylic oxidation sites excluding steroid dienone is 4. The van der Waals surface area contributed by atoms with Gasteiger partial charge in [-0.05, 0) is 121 Å². The van der Waals surface area contributed by atoms with Crippen molar-refractivity contribution in [2.45, 2.75) is 24.7 Å². The summed E-state index contributed by atoms with van der Waals surface area (Å²) in [6, 6.07) is 81.6. The molecule has 2 spiro atoms. The van der Waals surface area contributed by atoms with E-state index in [0.717, 1.165) is 38.9 Å². The summed E-state index contributed by atoms with van der Waals surface area (Å²) in [6.07, 6.45) is 4.48. The second-order valence-corrected chi connectivity index (χ2v) is 18.2. The quantitative estimate of drug-likeness (QED) is 0.167. The highest BCUT2D eigenvalue weighted by atomic mass is 15.0. The van der Waals surface area contributed by atoms with Crippen molar-refractivity contribution >= 4 is 5.57 Å². The summed E-state index contributed by atoms with van der Waals surface area (Å²) in [5, 5.41) is 0. The van der Waals surface area contributed by atoms with E-state index in [1.54, 1.807) is 0 Å². The van der Waals surface area contributed by atoms with E-state index in [-0.39, 0.29) is 0 Å². The standard InChI is InChI=1S/C65H45N3/c1-3-20-50-42(2)64(54-32-13-10-29-51(50)54)57-35-16-17-36-58(57)65(55-33-14-11-30-52(55)53-31-12-15-34-56(53)65)59-38-37-49(41-60(59)64)63-67-61(47-27-18-25-45(39-47)43-21-6-4-7-22-43)66-62(68-63)48-28-19-26-46(40-48)44-23-8-5-9-24-44/h3-41H,1-2H3/b20-3-. The van der Waals surface area contributed by atoms with Crippen molar-refractivity contribution in [1.82, 2.24) is 15.0 Å². The lowest BCUT2D eigenvalue weighted by Crippen LogP contribution is -2.44. The molecule has 0 bridgehead atoms. The zero-order valence-electron chi connectivity index (χ0n) is 37.9. The predicted octanol–water partition coefficient (Wildman–Crippen LogP) is 15.6. The van der Waals surface area contributed by atoms with E-state index in [2.05, 4.69) is 250 Å². The number of benzene rings is 9. The van der Waals surface area contributed by atoms with Crippen LogP contribution in [0.5, 0.6) is 0 Å². The Hall–Kier alpha value is -8.53. The molecular weight excluding hydrogens is 823 g/mol. The molecule has 68 heavy (non-hydrogen) atoms. The second-order valence-electron chi connectivity index (χ2n) is 18.2. The fraction of sp³-hybridized carbons (Fsp3) is 0.0615. The molecule has 3 aliphatic rings. The van der Waals surface area contributed by atoms with Crippen LogP contribution >= 0.6 is 0 Å². The lowest BCUT2D eigenvalue weighted by atomic mass is 9.52. The molecular formula is C65H45N3. The van der Waals surface area contributed by atoms with Gasteiger partial charge in [-0.25, -0.2) is 15.0 Å². The Morgan fingerprint density at radius 2 is 0.691 bits per heavy atom. The summed E-state index contributed by atoms with van der Waals surface area (Å²) < 4.78 is 0. The Balaban J connectivity index is 1.11. The van der Waals surface area contributed by atoms with Crippen LogP contribution in [0.2, 0.25) is 0 Å². The lowest BCUT2D eigenvalue weighted by Gasteiger charge is -2.49. The van der Waals surface area contributed by atoms with E-state index in [0.29, 0.717) is 17.5 Å². The summed E-state index contributed by atoms with van der Waals surface area (Å²) in [5.74, 6) is 1.87. The fourth-order valence-corrected chi connectivity index (χ4v) is 12.0. The van der Waals surface area contributed by atoms with Crippen LogP contribution in [0.3, 0.4) is 0 Å². The lowest BCUT2D eigenvalue weighted by molar-refractivity contribution is 0.623. The minimum atomic E-state index is -0.613. The van der Waals surface area contributed by atoms with Crippen LogP contribution in [-0.4, -0.2) is 15.0 Å². The molecule has 0 saturated heterocycles. The molecule has 320 valence electrons. The van der Waals surface area contributed by atoms with Crippen LogP contribution in [0.15, 0.2) is 242 Å². The summed E-state index contributed by atoms with van der Waals surface area (Å²) in [5.41, 5.74) is 21.5. The molecule has 0 N–H and O–H groups in total. The van der Waals surface area contributed by atoms with Crippen molar-refractivity contribution < 1.29 is 0 Å². The van der Waals surface area contributed by atoms with Gasteiger partial charge in [0.15, 0.2) is 17.5 Å². The predicted molar refractivity (Wildman–Crippen MR) is 278 cm³/mol. The van der Waals surface area contributed by atoms with Crippen molar-refractivity contribution in [2.75, 3.05) is 0 Å². The zero-order valence-corrected chi connectivity index (χ0v) is 37.9. The molecule has 9 aromatic carbocycles. The highest BCUT2D eigenvalue weighted by Crippen LogP contribution is 2.67. The maximum Gasteiger partial charge on any atom is 0.164 e. The number of hydrogen-bond acceptors (Lipinski definition) is 3. The Bertz CT molecular complexity index is 3570. The SMILES string of the molecule is C/C=C\C1=C(C)C2(c3ccccc31)c1ccccc1C1(c3ccccc3-c3ccccc31)c1ccc(-c3nc(-c4cccc(-c5ccccc5)c4)nc(-c4cccc(-c5ccccc5)c4)n3)cc12. The first kappa shape index (κ1) is 39.8. The van der Waals surface area contributed by atoms with E-state index in [9.17, 15) is 0 Å². The molecule has 0 radical (unpaired) electrons. The van der Waals surface area contributed by atoms with Crippen molar-refractivity contribution in [3.05, 3.63) is 287 Å². The van der Waals surface area contributed by atoms with E-state index in [1.165, 1.54) is 66.8 Å². The molecule has 1 aromatic heterocycles. The fourth-order valence-electron chi connectivity index (χ4n) is 12.0.